The van der Waals surface area contributed by atoms with Gasteiger partial charge in [0.15, 0.2) is 0 Å². The standard InChI is InChI=1S/C18H21N3O.ClH/c19-17-7-2-1-5-14(17)8-11-18(22)21(16-9-10-16)13-15-6-3-4-12-20-15;/h1-7,12,16H,8-11,13,19H2;1H. The van der Waals surface area contributed by atoms with Gasteiger partial charge in [0.1, 0.15) is 0 Å². The largest absolute Gasteiger partial charge is 0.399 e. The maximum Gasteiger partial charge on any atom is 0.223 e. The van der Waals surface area contributed by atoms with Crippen molar-refractivity contribution in [3.8, 4) is 0 Å². The van der Waals surface area contributed by atoms with Gasteiger partial charge < -0.3 is 10.6 Å². The fourth-order valence-electron chi connectivity index (χ4n) is 2.62. The van der Waals surface area contributed by atoms with Crippen LogP contribution in [0.5, 0.6) is 0 Å². The molecule has 23 heavy (non-hydrogen) atoms. The van der Waals surface area contributed by atoms with Crippen molar-refractivity contribution in [1.29, 1.82) is 0 Å². The third-order valence-corrected chi connectivity index (χ3v) is 4.03. The number of para-hydroxylation sites is 1. The third-order valence-electron chi connectivity index (χ3n) is 4.03. The quantitative estimate of drug-likeness (QED) is 0.827. The number of anilines is 1. The van der Waals surface area contributed by atoms with Gasteiger partial charge in [0.25, 0.3) is 0 Å². The minimum atomic E-state index is 0. The fraction of sp³-hybridized carbons (Fsp3) is 0.333. The SMILES string of the molecule is Cl.Nc1ccccc1CCC(=O)N(Cc1ccccn1)C1CC1. The average molecular weight is 332 g/mol. The Morgan fingerprint density at radius 1 is 1.17 bits per heavy atom. The molecule has 2 aromatic rings. The maximum atomic E-state index is 12.6. The first kappa shape index (κ1) is 17.3. The third kappa shape index (κ3) is 4.70. The minimum absolute atomic E-state index is 0. The number of nitrogens with zero attached hydrogens (tertiary/aromatic N) is 2. The molecule has 1 aromatic carbocycles. The second-order valence-corrected chi connectivity index (χ2v) is 5.77. The Morgan fingerprint density at radius 3 is 2.57 bits per heavy atom. The Bertz CT molecular complexity index is 644. The van der Waals surface area contributed by atoms with E-state index in [0.717, 1.165) is 29.8 Å². The van der Waals surface area contributed by atoms with Crippen molar-refractivity contribution < 1.29 is 4.79 Å². The number of aromatic nitrogens is 1. The number of halogens is 1. The zero-order valence-corrected chi connectivity index (χ0v) is 13.8. The molecule has 2 N–H and O–H groups in total. The van der Waals surface area contributed by atoms with Crippen LogP contribution in [0.25, 0.3) is 0 Å². The second kappa shape index (κ2) is 7.97. The second-order valence-electron chi connectivity index (χ2n) is 5.77. The number of pyridine rings is 1. The first-order chi connectivity index (χ1) is 10.7. The summed E-state index contributed by atoms with van der Waals surface area (Å²) in [4.78, 5) is 18.9. The highest BCUT2D eigenvalue weighted by Crippen LogP contribution is 2.29. The first-order valence-corrected chi connectivity index (χ1v) is 7.77. The molecule has 0 radical (unpaired) electrons. The van der Waals surface area contributed by atoms with Gasteiger partial charge in [-0.15, -0.1) is 12.4 Å². The molecule has 0 saturated heterocycles. The Balaban J connectivity index is 0.00000192. The van der Waals surface area contributed by atoms with E-state index >= 15 is 0 Å². The van der Waals surface area contributed by atoms with Gasteiger partial charge in [0, 0.05) is 24.3 Å². The summed E-state index contributed by atoms with van der Waals surface area (Å²) >= 11 is 0. The number of amides is 1. The Labute approximate surface area is 143 Å². The van der Waals surface area contributed by atoms with Gasteiger partial charge >= 0.3 is 0 Å². The predicted octanol–water partition coefficient (Wildman–Crippen LogP) is 3.21. The molecule has 1 heterocycles. The molecule has 0 bridgehead atoms. The summed E-state index contributed by atoms with van der Waals surface area (Å²) in [6.07, 6.45) is 5.17. The van der Waals surface area contributed by atoms with Crippen molar-refractivity contribution in [2.45, 2.75) is 38.3 Å². The van der Waals surface area contributed by atoms with Crippen LogP contribution in [0.3, 0.4) is 0 Å². The van der Waals surface area contributed by atoms with Crippen LogP contribution in [0.15, 0.2) is 48.7 Å². The average Bonchev–Trinajstić information content (AvgIpc) is 3.37. The summed E-state index contributed by atoms with van der Waals surface area (Å²) in [5, 5.41) is 0. The van der Waals surface area contributed by atoms with Crippen LogP contribution in [0.2, 0.25) is 0 Å². The van der Waals surface area contributed by atoms with Crippen molar-refractivity contribution in [1.82, 2.24) is 9.88 Å². The highest BCUT2D eigenvalue weighted by Gasteiger charge is 2.32. The molecular weight excluding hydrogens is 310 g/mol. The van der Waals surface area contributed by atoms with Gasteiger partial charge in [0.05, 0.1) is 12.2 Å². The van der Waals surface area contributed by atoms with Crippen LogP contribution >= 0.6 is 12.4 Å². The Hall–Kier alpha value is -2.07. The van der Waals surface area contributed by atoms with Gasteiger partial charge in [-0.05, 0) is 43.0 Å². The molecule has 0 spiro atoms. The van der Waals surface area contributed by atoms with E-state index in [1.54, 1.807) is 6.20 Å². The van der Waals surface area contributed by atoms with Crippen molar-refractivity contribution in [2.75, 3.05) is 5.73 Å². The molecule has 0 atom stereocenters. The minimum Gasteiger partial charge on any atom is -0.399 e. The van der Waals surface area contributed by atoms with Crippen LogP contribution in [-0.2, 0) is 17.8 Å². The first-order valence-electron chi connectivity index (χ1n) is 7.77. The van der Waals surface area contributed by atoms with Crippen LogP contribution < -0.4 is 5.73 Å². The van der Waals surface area contributed by atoms with E-state index in [9.17, 15) is 4.79 Å². The number of nitrogen functional groups attached to an aromatic ring is 1. The Kier molecular flexibility index (Phi) is 5.99. The van der Waals surface area contributed by atoms with E-state index < -0.39 is 0 Å². The van der Waals surface area contributed by atoms with E-state index in [4.69, 9.17) is 5.73 Å². The molecule has 1 saturated carbocycles. The molecular formula is C18H22ClN3O. The van der Waals surface area contributed by atoms with E-state index in [0.29, 0.717) is 25.4 Å². The molecule has 1 aromatic heterocycles. The summed E-state index contributed by atoms with van der Waals surface area (Å²) < 4.78 is 0. The number of carbonyl (C=O) groups is 1. The number of benzene rings is 1. The fourth-order valence-corrected chi connectivity index (χ4v) is 2.62. The van der Waals surface area contributed by atoms with E-state index in [2.05, 4.69) is 4.98 Å². The molecule has 122 valence electrons. The van der Waals surface area contributed by atoms with Gasteiger partial charge in [-0.1, -0.05) is 24.3 Å². The molecule has 0 aliphatic heterocycles. The van der Waals surface area contributed by atoms with Crippen LogP contribution in [-0.4, -0.2) is 21.8 Å². The monoisotopic (exact) mass is 331 g/mol. The zero-order chi connectivity index (χ0) is 15.4. The molecule has 3 rings (SSSR count). The summed E-state index contributed by atoms with van der Waals surface area (Å²) in [5.74, 6) is 0.191. The topological polar surface area (TPSA) is 59.2 Å². The van der Waals surface area contributed by atoms with Crippen molar-refractivity contribution in [3.63, 3.8) is 0 Å². The lowest BCUT2D eigenvalue weighted by Crippen LogP contribution is -2.33. The summed E-state index contributed by atoms with van der Waals surface area (Å²) in [6, 6.07) is 14.0. The molecule has 1 fully saturated rings. The smallest absolute Gasteiger partial charge is 0.223 e. The van der Waals surface area contributed by atoms with Crippen molar-refractivity contribution in [3.05, 3.63) is 59.9 Å². The lowest BCUT2D eigenvalue weighted by Gasteiger charge is -2.22. The normalized spacial score (nSPS) is 13.2. The number of rotatable bonds is 6. The number of aryl methyl sites for hydroxylation is 1. The van der Waals surface area contributed by atoms with Crippen LogP contribution in [0, 0.1) is 0 Å². The summed E-state index contributed by atoms with van der Waals surface area (Å²) in [6.45, 7) is 0.606. The van der Waals surface area contributed by atoms with Gasteiger partial charge in [-0.25, -0.2) is 0 Å². The Morgan fingerprint density at radius 2 is 1.91 bits per heavy atom. The van der Waals surface area contributed by atoms with E-state index in [1.165, 1.54) is 0 Å². The summed E-state index contributed by atoms with van der Waals surface area (Å²) in [5.41, 5.74) is 8.70. The highest BCUT2D eigenvalue weighted by atomic mass is 35.5. The van der Waals surface area contributed by atoms with Gasteiger partial charge in [-0.2, -0.15) is 0 Å². The highest BCUT2D eigenvalue weighted by molar-refractivity contribution is 5.85. The van der Waals surface area contributed by atoms with E-state index in [-0.39, 0.29) is 18.3 Å². The predicted molar refractivity (Wildman–Crippen MR) is 94.2 cm³/mol. The number of carbonyl (C=O) groups excluding carboxylic acids is 1. The number of hydrogen-bond donors (Lipinski definition) is 1. The van der Waals surface area contributed by atoms with Crippen molar-refractivity contribution in [2.24, 2.45) is 0 Å². The lowest BCUT2D eigenvalue weighted by molar-refractivity contribution is -0.132. The molecule has 5 heteroatoms. The van der Waals surface area contributed by atoms with Crippen LogP contribution in [0.1, 0.15) is 30.5 Å². The maximum absolute atomic E-state index is 12.6. The lowest BCUT2D eigenvalue weighted by atomic mass is 10.1. The number of nitrogens with two attached hydrogens (primary N) is 1. The van der Waals surface area contributed by atoms with E-state index in [1.807, 2.05) is 47.4 Å². The van der Waals surface area contributed by atoms with Gasteiger partial charge in [0.2, 0.25) is 5.91 Å². The molecule has 1 amide bonds. The summed E-state index contributed by atoms with van der Waals surface area (Å²) in [7, 11) is 0. The number of hydrogen-bond acceptors (Lipinski definition) is 3. The molecule has 0 unspecified atom stereocenters. The molecule has 1 aliphatic rings. The zero-order valence-electron chi connectivity index (χ0n) is 13.0. The molecule has 4 nitrogen and oxygen atoms in total. The van der Waals surface area contributed by atoms with Crippen LogP contribution in [0.4, 0.5) is 5.69 Å². The van der Waals surface area contributed by atoms with Gasteiger partial charge in [-0.3, -0.25) is 9.78 Å². The molecule has 1 aliphatic carbocycles. The van der Waals surface area contributed by atoms with Crippen molar-refractivity contribution >= 4 is 24.0 Å².